The minimum absolute atomic E-state index is 0.0203. The number of amides is 1. The Bertz CT molecular complexity index is 700. The van der Waals surface area contributed by atoms with Crippen LogP contribution in [0.5, 0.6) is 11.5 Å². The number of nitro benzene ring substituents is 1. The monoisotopic (exact) mass is 287 g/mol. The molecule has 0 spiro atoms. The molecule has 0 aliphatic rings. The van der Waals surface area contributed by atoms with Crippen LogP contribution in [0.15, 0.2) is 36.5 Å². The second-order valence-electron chi connectivity index (χ2n) is 4.22. The summed E-state index contributed by atoms with van der Waals surface area (Å²) in [5.41, 5.74) is 0.604. The third-order valence-electron chi connectivity index (χ3n) is 2.87. The standard InChI is InChI=1S/C14H13N3O4/c1-9-12(17(19)20)4-3-5-13(9)21-10-6-7-16-11(8-10)14(18)15-2/h3-8H,1-2H3,(H,15,18). The quantitative estimate of drug-likeness (QED) is 0.688. The number of aromatic nitrogens is 1. The van der Waals surface area contributed by atoms with Crippen molar-refractivity contribution < 1.29 is 14.5 Å². The molecule has 7 nitrogen and oxygen atoms in total. The molecule has 0 unspecified atom stereocenters. The number of carbonyl (C=O) groups excluding carboxylic acids is 1. The molecule has 0 radical (unpaired) electrons. The molecule has 7 heteroatoms. The van der Waals surface area contributed by atoms with Crippen molar-refractivity contribution in [1.29, 1.82) is 0 Å². The van der Waals surface area contributed by atoms with Gasteiger partial charge in [0.05, 0.1) is 10.5 Å². The predicted octanol–water partition coefficient (Wildman–Crippen LogP) is 2.45. The summed E-state index contributed by atoms with van der Waals surface area (Å²) >= 11 is 0. The van der Waals surface area contributed by atoms with E-state index < -0.39 is 4.92 Å². The lowest BCUT2D eigenvalue weighted by Gasteiger charge is -2.09. The number of benzene rings is 1. The van der Waals surface area contributed by atoms with Gasteiger partial charge in [0.1, 0.15) is 17.2 Å². The Kier molecular flexibility index (Phi) is 4.13. The van der Waals surface area contributed by atoms with Crippen molar-refractivity contribution in [2.24, 2.45) is 0 Å². The van der Waals surface area contributed by atoms with Gasteiger partial charge in [-0.1, -0.05) is 6.07 Å². The number of rotatable bonds is 4. The van der Waals surface area contributed by atoms with Gasteiger partial charge in [-0.05, 0) is 19.1 Å². The van der Waals surface area contributed by atoms with Gasteiger partial charge in [0, 0.05) is 25.4 Å². The van der Waals surface area contributed by atoms with Crippen molar-refractivity contribution in [3.8, 4) is 11.5 Å². The molecule has 0 fully saturated rings. The fourth-order valence-corrected chi connectivity index (χ4v) is 1.77. The van der Waals surface area contributed by atoms with Crippen LogP contribution < -0.4 is 10.1 Å². The Morgan fingerprint density at radius 2 is 2.14 bits per heavy atom. The first-order chi connectivity index (χ1) is 10.0. The van der Waals surface area contributed by atoms with Gasteiger partial charge >= 0.3 is 0 Å². The summed E-state index contributed by atoms with van der Waals surface area (Å²) in [6.45, 7) is 1.61. The molecular formula is C14H13N3O4. The number of hydrogen-bond acceptors (Lipinski definition) is 5. The molecular weight excluding hydrogens is 274 g/mol. The van der Waals surface area contributed by atoms with Gasteiger partial charge in [0.25, 0.3) is 11.6 Å². The molecule has 0 atom stereocenters. The highest BCUT2D eigenvalue weighted by molar-refractivity contribution is 5.92. The number of nitrogens with one attached hydrogen (secondary N) is 1. The van der Waals surface area contributed by atoms with E-state index in [1.807, 2.05) is 0 Å². The van der Waals surface area contributed by atoms with E-state index in [-0.39, 0.29) is 17.3 Å². The highest BCUT2D eigenvalue weighted by Gasteiger charge is 2.15. The third-order valence-corrected chi connectivity index (χ3v) is 2.87. The van der Waals surface area contributed by atoms with Crippen molar-refractivity contribution in [2.45, 2.75) is 6.92 Å². The van der Waals surface area contributed by atoms with Gasteiger partial charge in [-0.3, -0.25) is 19.9 Å². The smallest absolute Gasteiger partial charge is 0.276 e. The minimum atomic E-state index is -0.468. The number of pyridine rings is 1. The van der Waals surface area contributed by atoms with Gasteiger partial charge < -0.3 is 10.1 Å². The lowest BCUT2D eigenvalue weighted by Crippen LogP contribution is -2.18. The van der Waals surface area contributed by atoms with E-state index in [0.29, 0.717) is 17.1 Å². The lowest BCUT2D eigenvalue weighted by molar-refractivity contribution is -0.385. The van der Waals surface area contributed by atoms with Gasteiger partial charge in [0.15, 0.2) is 0 Å². The Morgan fingerprint density at radius 3 is 2.81 bits per heavy atom. The Hall–Kier alpha value is -2.96. The van der Waals surface area contributed by atoms with Crippen LogP contribution in [0.2, 0.25) is 0 Å². The zero-order chi connectivity index (χ0) is 15.4. The molecule has 1 aromatic carbocycles. The zero-order valence-electron chi connectivity index (χ0n) is 11.5. The van der Waals surface area contributed by atoms with Crippen molar-refractivity contribution in [3.63, 3.8) is 0 Å². The van der Waals surface area contributed by atoms with Crippen LogP contribution in [0.3, 0.4) is 0 Å². The van der Waals surface area contributed by atoms with E-state index in [4.69, 9.17) is 4.74 Å². The average molecular weight is 287 g/mol. The highest BCUT2D eigenvalue weighted by Crippen LogP contribution is 2.30. The van der Waals surface area contributed by atoms with E-state index >= 15 is 0 Å². The number of hydrogen-bond donors (Lipinski definition) is 1. The van der Waals surface area contributed by atoms with Crippen molar-refractivity contribution in [1.82, 2.24) is 10.3 Å². The molecule has 1 amide bonds. The summed E-state index contributed by atoms with van der Waals surface area (Å²) in [7, 11) is 1.50. The molecule has 108 valence electrons. The van der Waals surface area contributed by atoms with Crippen LogP contribution in [0.1, 0.15) is 16.1 Å². The Balaban J connectivity index is 2.33. The fourth-order valence-electron chi connectivity index (χ4n) is 1.77. The molecule has 0 aliphatic heterocycles. The predicted molar refractivity (Wildman–Crippen MR) is 75.5 cm³/mol. The summed E-state index contributed by atoms with van der Waals surface area (Å²) in [4.78, 5) is 25.9. The molecule has 2 rings (SSSR count). The summed E-state index contributed by atoms with van der Waals surface area (Å²) in [6.07, 6.45) is 1.44. The molecule has 0 saturated heterocycles. The molecule has 0 saturated carbocycles. The second kappa shape index (κ2) is 6.00. The number of ether oxygens (including phenoxy) is 1. The normalized spacial score (nSPS) is 10.0. The van der Waals surface area contributed by atoms with E-state index in [1.54, 1.807) is 25.1 Å². The Labute approximate surface area is 120 Å². The lowest BCUT2D eigenvalue weighted by atomic mass is 10.2. The highest BCUT2D eigenvalue weighted by atomic mass is 16.6. The number of nitro groups is 1. The van der Waals surface area contributed by atoms with E-state index in [1.165, 1.54) is 25.4 Å². The van der Waals surface area contributed by atoms with Gasteiger partial charge in [-0.2, -0.15) is 0 Å². The number of carbonyl (C=O) groups is 1. The van der Waals surface area contributed by atoms with Gasteiger partial charge in [0.2, 0.25) is 0 Å². The van der Waals surface area contributed by atoms with Crippen LogP contribution in [0.4, 0.5) is 5.69 Å². The fraction of sp³-hybridized carbons (Fsp3) is 0.143. The largest absolute Gasteiger partial charge is 0.457 e. The second-order valence-corrected chi connectivity index (χ2v) is 4.22. The van der Waals surface area contributed by atoms with Crippen LogP contribution >= 0.6 is 0 Å². The van der Waals surface area contributed by atoms with Crippen molar-refractivity contribution in [3.05, 3.63) is 57.9 Å². The van der Waals surface area contributed by atoms with Gasteiger partial charge in [-0.15, -0.1) is 0 Å². The first kappa shape index (κ1) is 14.4. The van der Waals surface area contributed by atoms with Crippen LogP contribution in [-0.2, 0) is 0 Å². The summed E-state index contributed by atoms with van der Waals surface area (Å²) in [5.74, 6) is 0.404. The molecule has 21 heavy (non-hydrogen) atoms. The van der Waals surface area contributed by atoms with E-state index in [2.05, 4.69) is 10.3 Å². The first-order valence-corrected chi connectivity index (χ1v) is 6.13. The van der Waals surface area contributed by atoms with Crippen LogP contribution in [0, 0.1) is 17.0 Å². The molecule has 1 heterocycles. The first-order valence-electron chi connectivity index (χ1n) is 6.13. The maximum Gasteiger partial charge on any atom is 0.276 e. The van der Waals surface area contributed by atoms with Crippen molar-refractivity contribution >= 4 is 11.6 Å². The topological polar surface area (TPSA) is 94.4 Å². The average Bonchev–Trinajstić information content (AvgIpc) is 2.48. The molecule has 1 N–H and O–H groups in total. The van der Waals surface area contributed by atoms with E-state index in [9.17, 15) is 14.9 Å². The summed E-state index contributed by atoms with van der Waals surface area (Å²) in [6, 6.07) is 7.62. The SMILES string of the molecule is CNC(=O)c1cc(Oc2cccc([N+](=O)[O-])c2C)ccn1. The molecule has 2 aromatic rings. The van der Waals surface area contributed by atoms with Crippen LogP contribution in [0.25, 0.3) is 0 Å². The third kappa shape index (κ3) is 3.14. The molecule has 0 bridgehead atoms. The molecule has 0 aliphatic carbocycles. The summed E-state index contributed by atoms with van der Waals surface area (Å²) in [5, 5.41) is 13.4. The zero-order valence-corrected chi connectivity index (χ0v) is 11.5. The number of nitrogens with zero attached hydrogens (tertiary/aromatic N) is 2. The van der Waals surface area contributed by atoms with Crippen molar-refractivity contribution in [2.75, 3.05) is 7.05 Å². The minimum Gasteiger partial charge on any atom is -0.457 e. The maximum atomic E-state index is 11.5. The summed E-state index contributed by atoms with van der Waals surface area (Å²) < 4.78 is 5.61. The van der Waals surface area contributed by atoms with E-state index in [0.717, 1.165) is 0 Å². The molecule has 1 aromatic heterocycles. The van der Waals surface area contributed by atoms with Crippen LogP contribution in [-0.4, -0.2) is 22.9 Å². The Morgan fingerprint density at radius 1 is 1.38 bits per heavy atom. The van der Waals surface area contributed by atoms with Gasteiger partial charge in [-0.25, -0.2) is 0 Å². The maximum absolute atomic E-state index is 11.5.